The number of benzene rings is 3. The Labute approximate surface area is 145 Å². The Hall–Kier alpha value is -3.27. The lowest BCUT2D eigenvalue weighted by Gasteiger charge is -2.08. The molecular formula is C21H18O4. The van der Waals surface area contributed by atoms with E-state index in [0.717, 1.165) is 10.9 Å². The Kier molecular flexibility index (Phi) is 4.70. The van der Waals surface area contributed by atoms with Crippen molar-refractivity contribution in [1.82, 2.24) is 0 Å². The number of fused-ring (bicyclic) bond motifs is 1. The molecule has 3 rings (SSSR count). The SMILES string of the molecule is COc1ccc(/C=C/C(=O)c2ccc3ccccc3c2O)cc1OC. The molecule has 0 aliphatic heterocycles. The maximum Gasteiger partial charge on any atom is 0.189 e. The van der Waals surface area contributed by atoms with Crippen LogP contribution < -0.4 is 9.47 Å². The Morgan fingerprint density at radius 3 is 2.48 bits per heavy atom. The van der Waals surface area contributed by atoms with Crippen molar-refractivity contribution >= 4 is 22.6 Å². The summed E-state index contributed by atoms with van der Waals surface area (Å²) in [6.07, 6.45) is 3.12. The van der Waals surface area contributed by atoms with Gasteiger partial charge in [0.1, 0.15) is 5.75 Å². The molecule has 0 aromatic heterocycles. The highest BCUT2D eigenvalue weighted by atomic mass is 16.5. The second-order valence-corrected chi connectivity index (χ2v) is 5.49. The van der Waals surface area contributed by atoms with Crippen LogP contribution in [-0.4, -0.2) is 25.1 Å². The maximum absolute atomic E-state index is 12.5. The number of allylic oxidation sites excluding steroid dienone is 1. The standard InChI is InChI=1S/C21H18O4/c1-24-19-12-8-14(13-20(19)25-2)7-11-18(22)17-10-9-15-5-3-4-6-16(15)21(17)23/h3-13,23H,1-2H3/b11-7+. The molecule has 0 amide bonds. The number of ketones is 1. The van der Waals surface area contributed by atoms with Gasteiger partial charge in [-0.3, -0.25) is 4.79 Å². The van der Waals surface area contributed by atoms with Crippen LogP contribution in [0.4, 0.5) is 0 Å². The van der Waals surface area contributed by atoms with Gasteiger partial charge in [0.2, 0.25) is 0 Å². The van der Waals surface area contributed by atoms with Gasteiger partial charge in [0, 0.05) is 5.39 Å². The monoisotopic (exact) mass is 334 g/mol. The van der Waals surface area contributed by atoms with Crippen LogP contribution in [0.5, 0.6) is 17.2 Å². The number of hydrogen-bond donors (Lipinski definition) is 1. The quantitative estimate of drug-likeness (QED) is 0.553. The van der Waals surface area contributed by atoms with Crippen molar-refractivity contribution in [2.45, 2.75) is 0 Å². The Morgan fingerprint density at radius 2 is 1.72 bits per heavy atom. The fraction of sp³-hybridized carbons (Fsp3) is 0.0952. The van der Waals surface area contributed by atoms with Crippen LogP contribution in [0.25, 0.3) is 16.8 Å². The lowest BCUT2D eigenvalue weighted by atomic mass is 10.0. The Morgan fingerprint density at radius 1 is 0.960 bits per heavy atom. The van der Waals surface area contributed by atoms with Crippen molar-refractivity contribution in [2.75, 3.05) is 14.2 Å². The highest BCUT2D eigenvalue weighted by molar-refractivity contribution is 6.11. The van der Waals surface area contributed by atoms with Crippen LogP contribution in [0.3, 0.4) is 0 Å². The molecule has 4 heteroatoms. The summed E-state index contributed by atoms with van der Waals surface area (Å²) < 4.78 is 10.4. The molecule has 0 bridgehead atoms. The van der Waals surface area contributed by atoms with Crippen LogP contribution in [0.15, 0.2) is 60.7 Å². The molecule has 126 valence electrons. The molecule has 25 heavy (non-hydrogen) atoms. The van der Waals surface area contributed by atoms with Gasteiger partial charge in [0.15, 0.2) is 17.3 Å². The largest absolute Gasteiger partial charge is 0.507 e. The first-order valence-corrected chi connectivity index (χ1v) is 7.79. The lowest BCUT2D eigenvalue weighted by Crippen LogP contribution is -1.95. The molecule has 0 radical (unpaired) electrons. The van der Waals surface area contributed by atoms with E-state index in [-0.39, 0.29) is 17.1 Å². The van der Waals surface area contributed by atoms with Crippen LogP contribution in [0, 0.1) is 0 Å². The van der Waals surface area contributed by atoms with Crippen LogP contribution in [-0.2, 0) is 0 Å². The fourth-order valence-corrected chi connectivity index (χ4v) is 2.67. The van der Waals surface area contributed by atoms with Crippen LogP contribution in [0.2, 0.25) is 0 Å². The molecule has 0 aliphatic rings. The number of hydrogen-bond acceptors (Lipinski definition) is 4. The van der Waals surface area contributed by atoms with Crippen molar-refractivity contribution in [2.24, 2.45) is 0 Å². The van der Waals surface area contributed by atoms with Gasteiger partial charge in [-0.25, -0.2) is 0 Å². The maximum atomic E-state index is 12.5. The Bertz CT molecular complexity index is 957. The second-order valence-electron chi connectivity index (χ2n) is 5.49. The average molecular weight is 334 g/mol. The highest BCUT2D eigenvalue weighted by Gasteiger charge is 2.11. The van der Waals surface area contributed by atoms with E-state index in [2.05, 4.69) is 0 Å². The zero-order chi connectivity index (χ0) is 17.8. The molecule has 0 saturated heterocycles. The minimum Gasteiger partial charge on any atom is -0.507 e. The summed E-state index contributed by atoms with van der Waals surface area (Å²) in [6.45, 7) is 0. The summed E-state index contributed by atoms with van der Waals surface area (Å²) in [5, 5.41) is 11.9. The molecule has 1 N–H and O–H groups in total. The molecule has 0 atom stereocenters. The summed E-state index contributed by atoms with van der Waals surface area (Å²) >= 11 is 0. The third kappa shape index (κ3) is 3.33. The summed E-state index contributed by atoms with van der Waals surface area (Å²) in [5.74, 6) is 0.946. The molecule has 0 heterocycles. The normalized spacial score (nSPS) is 11.0. The predicted octanol–water partition coefficient (Wildman–Crippen LogP) is 4.46. The van der Waals surface area contributed by atoms with E-state index in [1.165, 1.54) is 6.08 Å². The molecule has 0 fully saturated rings. The molecule has 0 aliphatic carbocycles. The summed E-state index contributed by atoms with van der Waals surface area (Å²) in [5.41, 5.74) is 1.07. The van der Waals surface area contributed by atoms with Crippen molar-refractivity contribution < 1.29 is 19.4 Å². The van der Waals surface area contributed by atoms with E-state index >= 15 is 0 Å². The van der Waals surface area contributed by atoms with Gasteiger partial charge in [0.05, 0.1) is 19.8 Å². The highest BCUT2D eigenvalue weighted by Crippen LogP contribution is 2.30. The first kappa shape index (κ1) is 16.6. The van der Waals surface area contributed by atoms with Crippen LogP contribution >= 0.6 is 0 Å². The third-order valence-corrected chi connectivity index (χ3v) is 4.00. The second kappa shape index (κ2) is 7.09. The van der Waals surface area contributed by atoms with Gasteiger partial charge in [0.25, 0.3) is 0 Å². The minimum atomic E-state index is -0.266. The number of ether oxygens (including phenoxy) is 2. The number of phenolic OH excluding ortho intramolecular Hbond substituents is 1. The smallest absolute Gasteiger partial charge is 0.189 e. The third-order valence-electron chi connectivity index (χ3n) is 4.00. The van der Waals surface area contributed by atoms with Crippen molar-refractivity contribution in [1.29, 1.82) is 0 Å². The van der Waals surface area contributed by atoms with Crippen molar-refractivity contribution in [3.63, 3.8) is 0 Å². The molecular weight excluding hydrogens is 316 g/mol. The van der Waals surface area contributed by atoms with Gasteiger partial charge in [-0.05, 0) is 35.2 Å². The van der Waals surface area contributed by atoms with Crippen molar-refractivity contribution in [3.8, 4) is 17.2 Å². The average Bonchev–Trinajstić information content (AvgIpc) is 2.66. The summed E-state index contributed by atoms with van der Waals surface area (Å²) in [4.78, 5) is 12.5. The van der Waals surface area contributed by atoms with E-state index in [9.17, 15) is 9.90 Å². The van der Waals surface area contributed by atoms with E-state index in [0.29, 0.717) is 16.9 Å². The lowest BCUT2D eigenvalue weighted by molar-refractivity contribution is 0.104. The van der Waals surface area contributed by atoms with Crippen molar-refractivity contribution in [3.05, 3.63) is 71.8 Å². The number of phenols is 1. The van der Waals surface area contributed by atoms with E-state index in [4.69, 9.17) is 9.47 Å². The van der Waals surface area contributed by atoms with Gasteiger partial charge in [-0.2, -0.15) is 0 Å². The van der Waals surface area contributed by atoms with Gasteiger partial charge < -0.3 is 14.6 Å². The van der Waals surface area contributed by atoms with E-state index < -0.39 is 0 Å². The molecule has 0 spiro atoms. The minimum absolute atomic E-state index is 0.0000569. The number of carbonyl (C=O) groups excluding carboxylic acids is 1. The number of carbonyl (C=O) groups is 1. The first-order valence-electron chi connectivity index (χ1n) is 7.79. The predicted molar refractivity (Wildman–Crippen MR) is 98.5 cm³/mol. The summed E-state index contributed by atoms with van der Waals surface area (Å²) in [6, 6.07) is 16.2. The molecule has 3 aromatic rings. The first-order chi connectivity index (χ1) is 12.1. The Balaban J connectivity index is 1.89. The molecule has 0 saturated carbocycles. The number of methoxy groups -OCH3 is 2. The molecule has 0 unspecified atom stereocenters. The van der Waals surface area contributed by atoms with Gasteiger partial charge in [-0.15, -0.1) is 0 Å². The topological polar surface area (TPSA) is 55.8 Å². The number of aromatic hydroxyl groups is 1. The zero-order valence-electron chi connectivity index (χ0n) is 14.0. The molecule has 4 nitrogen and oxygen atoms in total. The molecule has 3 aromatic carbocycles. The van der Waals surface area contributed by atoms with E-state index in [1.54, 1.807) is 44.6 Å². The van der Waals surface area contributed by atoms with Crippen LogP contribution in [0.1, 0.15) is 15.9 Å². The fourth-order valence-electron chi connectivity index (χ4n) is 2.67. The summed E-state index contributed by atoms with van der Waals surface area (Å²) in [7, 11) is 3.13. The van der Waals surface area contributed by atoms with Gasteiger partial charge in [-0.1, -0.05) is 42.5 Å². The zero-order valence-corrected chi connectivity index (χ0v) is 14.0. The van der Waals surface area contributed by atoms with Gasteiger partial charge >= 0.3 is 0 Å². The number of rotatable bonds is 5. The van der Waals surface area contributed by atoms with E-state index in [1.807, 2.05) is 30.3 Å².